The van der Waals surface area contributed by atoms with Crippen LogP contribution >= 0.6 is 0 Å². The SMILES string of the molecule is CCC(C(=O)NC(C)C)N(Cc1ccc(F)cc1)C(=O)Cc1cc(C)cc(C)c1. The third-order valence-electron chi connectivity index (χ3n) is 4.72. The summed E-state index contributed by atoms with van der Waals surface area (Å²) < 4.78 is 13.3. The van der Waals surface area contributed by atoms with Crippen LogP contribution in [0.15, 0.2) is 42.5 Å². The first-order chi connectivity index (χ1) is 13.7. The van der Waals surface area contributed by atoms with E-state index < -0.39 is 6.04 Å². The van der Waals surface area contributed by atoms with Crippen LogP contribution in [0.2, 0.25) is 0 Å². The van der Waals surface area contributed by atoms with Crippen molar-refractivity contribution in [3.63, 3.8) is 0 Å². The molecule has 0 saturated heterocycles. The Hall–Kier alpha value is -2.69. The molecule has 0 bridgehead atoms. The average Bonchev–Trinajstić information content (AvgIpc) is 2.61. The minimum Gasteiger partial charge on any atom is -0.352 e. The second-order valence-electron chi connectivity index (χ2n) is 7.91. The number of nitrogens with one attached hydrogen (secondary N) is 1. The minimum absolute atomic E-state index is 0.0151. The molecule has 1 atom stereocenters. The van der Waals surface area contributed by atoms with Crippen molar-refractivity contribution in [3.05, 3.63) is 70.5 Å². The summed E-state index contributed by atoms with van der Waals surface area (Å²) in [7, 11) is 0. The highest BCUT2D eigenvalue weighted by Crippen LogP contribution is 2.17. The van der Waals surface area contributed by atoms with Gasteiger partial charge in [-0.2, -0.15) is 0 Å². The number of carbonyl (C=O) groups excluding carboxylic acids is 2. The largest absolute Gasteiger partial charge is 0.352 e. The second-order valence-corrected chi connectivity index (χ2v) is 7.91. The Balaban J connectivity index is 2.31. The van der Waals surface area contributed by atoms with Crippen LogP contribution in [-0.4, -0.2) is 28.8 Å². The van der Waals surface area contributed by atoms with Gasteiger partial charge in [0.05, 0.1) is 6.42 Å². The topological polar surface area (TPSA) is 49.4 Å². The van der Waals surface area contributed by atoms with E-state index >= 15 is 0 Å². The number of benzene rings is 2. The number of amides is 2. The molecule has 156 valence electrons. The Morgan fingerprint density at radius 1 is 1.00 bits per heavy atom. The van der Waals surface area contributed by atoms with Crippen molar-refractivity contribution in [2.24, 2.45) is 0 Å². The molecule has 0 aromatic heterocycles. The third-order valence-corrected chi connectivity index (χ3v) is 4.72. The first kappa shape index (κ1) is 22.6. The number of aryl methyl sites for hydroxylation is 2. The summed E-state index contributed by atoms with van der Waals surface area (Å²) in [4.78, 5) is 27.7. The monoisotopic (exact) mass is 398 g/mol. The fraction of sp³-hybridized carbons (Fsp3) is 0.417. The lowest BCUT2D eigenvalue weighted by atomic mass is 10.0. The maximum Gasteiger partial charge on any atom is 0.243 e. The molecular formula is C24H31FN2O2. The van der Waals surface area contributed by atoms with Crippen molar-refractivity contribution in [3.8, 4) is 0 Å². The van der Waals surface area contributed by atoms with E-state index in [-0.39, 0.29) is 36.6 Å². The molecule has 29 heavy (non-hydrogen) atoms. The van der Waals surface area contributed by atoms with Gasteiger partial charge in [-0.3, -0.25) is 9.59 Å². The van der Waals surface area contributed by atoms with Crippen LogP contribution in [-0.2, 0) is 22.6 Å². The number of hydrogen-bond donors (Lipinski definition) is 1. The molecular weight excluding hydrogens is 367 g/mol. The highest BCUT2D eigenvalue weighted by atomic mass is 19.1. The summed E-state index contributed by atoms with van der Waals surface area (Å²) in [5, 5.41) is 2.91. The number of carbonyl (C=O) groups is 2. The van der Waals surface area contributed by atoms with Crippen LogP contribution in [0.3, 0.4) is 0 Å². The smallest absolute Gasteiger partial charge is 0.243 e. The summed E-state index contributed by atoms with van der Waals surface area (Å²) in [6, 6.07) is 11.5. The molecule has 0 aliphatic carbocycles. The maximum absolute atomic E-state index is 13.3. The normalized spacial score (nSPS) is 12.0. The Labute approximate surface area is 173 Å². The van der Waals surface area contributed by atoms with Gasteiger partial charge in [0.2, 0.25) is 11.8 Å². The summed E-state index contributed by atoms with van der Waals surface area (Å²) in [5.41, 5.74) is 3.91. The van der Waals surface area contributed by atoms with E-state index in [1.165, 1.54) is 12.1 Å². The first-order valence-electron chi connectivity index (χ1n) is 10.1. The van der Waals surface area contributed by atoms with Gasteiger partial charge in [-0.1, -0.05) is 48.4 Å². The molecule has 2 aromatic rings. The van der Waals surface area contributed by atoms with E-state index in [1.807, 2.05) is 46.8 Å². The Kier molecular flexibility index (Phi) is 7.94. The van der Waals surface area contributed by atoms with Gasteiger partial charge in [-0.05, 0) is 57.4 Å². The van der Waals surface area contributed by atoms with Gasteiger partial charge < -0.3 is 10.2 Å². The molecule has 0 fully saturated rings. The quantitative estimate of drug-likeness (QED) is 0.720. The fourth-order valence-electron chi connectivity index (χ4n) is 3.53. The Morgan fingerprint density at radius 3 is 2.10 bits per heavy atom. The predicted octanol–water partition coefficient (Wildman–Crippen LogP) is 4.32. The number of nitrogens with zero attached hydrogens (tertiary/aromatic N) is 1. The average molecular weight is 399 g/mol. The molecule has 2 aromatic carbocycles. The molecule has 0 radical (unpaired) electrons. The second kappa shape index (κ2) is 10.2. The van der Waals surface area contributed by atoms with Crippen LogP contribution in [0.25, 0.3) is 0 Å². The van der Waals surface area contributed by atoms with Gasteiger partial charge >= 0.3 is 0 Å². The number of rotatable bonds is 8. The van der Waals surface area contributed by atoms with Crippen molar-refractivity contribution < 1.29 is 14.0 Å². The lowest BCUT2D eigenvalue weighted by Crippen LogP contribution is -2.50. The molecule has 0 spiro atoms. The maximum atomic E-state index is 13.3. The summed E-state index contributed by atoms with van der Waals surface area (Å²) >= 11 is 0. The van der Waals surface area contributed by atoms with Gasteiger partial charge in [0.1, 0.15) is 11.9 Å². The van der Waals surface area contributed by atoms with E-state index in [0.29, 0.717) is 6.42 Å². The van der Waals surface area contributed by atoms with Gasteiger partial charge in [0.15, 0.2) is 0 Å². The van der Waals surface area contributed by atoms with Gasteiger partial charge in [0.25, 0.3) is 0 Å². The van der Waals surface area contributed by atoms with E-state index in [1.54, 1.807) is 17.0 Å². The van der Waals surface area contributed by atoms with E-state index in [2.05, 4.69) is 11.4 Å². The van der Waals surface area contributed by atoms with E-state index in [0.717, 1.165) is 22.3 Å². The molecule has 0 aliphatic rings. The molecule has 0 saturated carbocycles. The zero-order valence-electron chi connectivity index (χ0n) is 18.0. The highest BCUT2D eigenvalue weighted by Gasteiger charge is 2.29. The summed E-state index contributed by atoms with van der Waals surface area (Å²) in [6.45, 7) is 9.95. The van der Waals surface area contributed by atoms with Crippen LogP contribution in [0.1, 0.15) is 49.4 Å². The zero-order valence-corrected chi connectivity index (χ0v) is 18.0. The number of hydrogen-bond acceptors (Lipinski definition) is 2. The van der Waals surface area contributed by atoms with Gasteiger partial charge in [0, 0.05) is 12.6 Å². The minimum atomic E-state index is -0.583. The van der Waals surface area contributed by atoms with Crippen molar-refractivity contribution in [2.45, 2.75) is 66.1 Å². The molecule has 0 aliphatic heterocycles. The molecule has 5 heteroatoms. The first-order valence-corrected chi connectivity index (χ1v) is 10.1. The molecule has 1 N–H and O–H groups in total. The number of halogens is 1. The molecule has 0 heterocycles. The molecule has 2 amide bonds. The van der Waals surface area contributed by atoms with Crippen molar-refractivity contribution in [2.75, 3.05) is 0 Å². The van der Waals surface area contributed by atoms with Crippen LogP contribution < -0.4 is 5.32 Å². The fourth-order valence-corrected chi connectivity index (χ4v) is 3.53. The van der Waals surface area contributed by atoms with Crippen molar-refractivity contribution >= 4 is 11.8 Å². The Bertz CT molecular complexity index is 826. The standard InChI is InChI=1S/C24H31FN2O2/c1-6-22(24(29)26-16(2)3)27(15-19-7-9-21(25)10-8-19)23(28)14-20-12-17(4)11-18(5)13-20/h7-13,16,22H,6,14-15H2,1-5H3,(H,26,29). The van der Waals surface area contributed by atoms with E-state index in [9.17, 15) is 14.0 Å². The molecule has 4 nitrogen and oxygen atoms in total. The molecule has 1 unspecified atom stereocenters. The van der Waals surface area contributed by atoms with Gasteiger partial charge in [-0.25, -0.2) is 4.39 Å². The van der Waals surface area contributed by atoms with Crippen LogP contribution in [0, 0.1) is 19.7 Å². The van der Waals surface area contributed by atoms with Crippen LogP contribution in [0.4, 0.5) is 4.39 Å². The van der Waals surface area contributed by atoms with Crippen molar-refractivity contribution in [1.29, 1.82) is 0 Å². The van der Waals surface area contributed by atoms with Gasteiger partial charge in [-0.15, -0.1) is 0 Å². The lowest BCUT2D eigenvalue weighted by Gasteiger charge is -2.31. The molecule has 2 rings (SSSR count). The lowest BCUT2D eigenvalue weighted by molar-refractivity contribution is -0.141. The zero-order chi connectivity index (χ0) is 21.6. The highest BCUT2D eigenvalue weighted by molar-refractivity contribution is 5.88. The summed E-state index contributed by atoms with van der Waals surface area (Å²) in [6.07, 6.45) is 0.716. The van der Waals surface area contributed by atoms with Crippen LogP contribution in [0.5, 0.6) is 0 Å². The Morgan fingerprint density at radius 2 is 1.59 bits per heavy atom. The third kappa shape index (κ3) is 6.70. The summed E-state index contributed by atoms with van der Waals surface area (Å²) in [5.74, 6) is -0.616. The predicted molar refractivity (Wildman–Crippen MR) is 114 cm³/mol. The van der Waals surface area contributed by atoms with Crippen molar-refractivity contribution in [1.82, 2.24) is 10.2 Å². The van der Waals surface area contributed by atoms with E-state index in [4.69, 9.17) is 0 Å².